The highest BCUT2D eigenvalue weighted by atomic mass is 79.9. The second-order valence-corrected chi connectivity index (χ2v) is 6.62. The molecule has 0 saturated carbocycles. The molecule has 136 valence electrons. The largest absolute Gasteiger partial charge is 0.493 e. The second-order valence-electron chi connectivity index (χ2n) is 5.71. The topological polar surface area (TPSA) is 51.1 Å². The minimum Gasteiger partial charge on any atom is -0.493 e. The van der Waals surface area contributed by atoms with Crippen molar-refractivity contribution in [2.45, 2.75) is 6.92 Å². The molecule has 6 heteroatoms. The van der Waals surface area contributed by atoms with Crippen molar-refractivity contribution in [2.24, 2.45) is 5.10 Å². The molecule has 0 radical (unpaired) electrons. The first kappa shape index (κ1) is 18.7. The van der Waals surface area contributed by atoms with E-state index in [1.807, 2.05) is 36.4 Å². The Morgan fingerprint density at radius 2 is 2.00 bits per heavy atom. The molecule has 1 aliphatic heterocycles. The molecular formula is C21H17BrN2O3. The fourth-order valence-electron chi connectivity index (χ4n) is 2.67. The fraction of sp³-hybridized carbons (Fsp3) is 0.143. The van der Waals surface area contributed by atoms with Crippen molar-refractivity contribution >= 4 is 39.3 Å². The number of ether oxygens (including phenoxy) is 2. The van der Waals surface area contributed by atoms with Crippen LogP contribution in [0.3, 0.4) is 0 Å². The molecule has 0 atom stereocenters. The smallest absolute Gasteiger partial charge is 0.280 e. The molecule has 0 spiro atoms. The molecule has 1 heterocycles. The van der Waals surface area contributed by atoms with Crippen molar-refractivity contribution in [2.75, 3.05) is 18.7 Å². The number of rotatable bonds is 5. The van der Waals surface area contributed by atoms with Crippen LogP contribution in [0.5, 0.6) is 11.5 Å². The van der Waals surface area contributed by atoms with Crippen molar-refractivity contribution < 1.29 is 14.3 Å². The van der Waals surface area contributed by atoms with E-state index in [9.17, 15) is 4.79 Å². The van der Waals surface area contributed by atoms with Gasteiger partial charge in [-0.25, -0.2) is 0 Å². The van der Waals surface area contributed by atoms with Crippen molar-refractivity contribution in [1.82, 2.24) is 0 Å². The average molecular weight is 425 g/mol. The lowest BCUT2D eigenvalue weighted by Crippen LogP contribution is -2.21. The summed E-state index contributed by atoms with van der Waals surface area (Å²) in [5.41, 5.74) is 2.49. The molecule has 0 unspecified atom stereocenters. The molecular weight excluding hydrogens is 408 g/mol. The van der Waals surface area contributed by atoms with Gasteiger partial charge in [-0.2, -0.15) is 10.1 Å². The number of hydrogen-bond acceptors (Lipinski definition) is 4. The van der Waals surface area contributed by atoms with E-state index in [1.165, 1.54) is 5.01 Å². The Kier molecular flexibility index (Phi) is 5.63. The number of amides is 1. The van der Waals surface area contributed by atoms with Gasteiger partial charge in [-0.05, 0) is 43.3 Å². The number of carbonyl (C=O) groups excluding carboxylic acids is 1. The highest BCUT2D eigenvalue weighted by Gasteiger charge is 2.29. The van der Waals surface area contributed by atoms with E-state index in [4.69, 9.17) is 15.9 Å². The summed E-state index contributed by atoms with van der Waals surface area (Å²) in [6.45, 7) is 1.90. The van der Waals surface area contributed by atoms with Gasteiger partial charge in [-0.15, -0.1) is 6.42 Å². The lowest BCUT2D eigenvalue weighted by molar-refractivity contribution is -0.114. The van der Waals surface area contributed by atoms with Gasteiger partial charge in [0.1, 0.15) is 6.61 Å². The van der Waals surface area contributed by atoms with Crippen LogP contribution < -0.4 is 14.5 Å². The summed E-state index contributed by atoms with van der Waals surface area (Å²) in [5.74, 6) is 3.27. The highest BCUT2D eigenvalue weighted by Crippen LogP contribution is 2.34. The molecule has 0 fully saturated rings. The highest BCUT2D eigenvalue weighted by molar-refractivity contribution is 9.10. The van der Waals surface area contributed by atoms with Gasteiger partial charge in [-0.3, -0.25) is 4.79 Å². The normalized spacial score (nSPS) is 14.9. The molecule has 0 bridgehead atoms. The van der Waals surface area contributed by atoms with Gasteiger partial charge >= 0.3 is 0 Å². The summed E-state index contributed by atoms with van der Waals surface area (Å²) in [4.78, 5) is 12.9. The molecule has 1 aliphatic rings. The molecule has 1 amide bonds. The van der Waals surface area contributed by atoms with Crippen LogP contribution in [0.1, 0.15) is 12.5 Å². The Hall–Kier alpha value is -3.04. The van der Waals surface area contributed by atoms with Gasteiger partial charge in [0.25, 0.3) is 5.91 Å². The Morgan fingerprint density at radius 3 is 2.67 bits per heavy atom. The van der Waals surface area contributed by atoms with Crippen molar-refractivity contribution in [3.8, 4) is 23.8 Å². The molecule has 27 heavy (non-hydrogen) atoms. The second kappa shape index (κ2) is 8.11. The van der Waals surface area contributed by atoms with Crippen molar-refractivity contribution in [1.29, 1.82) is 0 Å². The van der Waals surface area contributed by atoms with Crippen LogP contribution in [0.15, 0.2) is 57.6 Å². The minimum absolute atomic E-state index is 0.0998. The Morgan fingerprint density at radius 1 is 1.26 bits per heavy atom. The van der Waals surface area contributed by atoms with Crippen molar-refractivity contribution in [3.05, 3.63) is 58.1 Å². The molecule has 2 aromatic carbocycles. The number of anilines is 1. The minimum atomic E-state index is -0.208. The first-order valence-corrected chi connectivity index (χ1v) is 8.95. The zero-order chi connectivity index (χ0) is 19.4. The summed E-state index contributed by atoms with van der Waals surface area (Å²) < 4.78 is 11.9. The predicted molar refractivity (Wildman–Crippen MR) is 110 cm³/mol. The third-order valence-electron chi connectivity index (χ3n) is 3.96. The number of halogens is 1. The summed E-state index contributed by atoms with van der Waals surface area (Å²) in [6, 6.07) is 12.8. The number of terminal acetylenes is 1. The molecule has 0 aliphatic carbocycles. The number of nitrogens with zero attached hydrogens (tertiary/aromatic N) is 2. The molecule has 5 nitrogen and oxygen atoms in total. The molecule has 3 rings (SSSR count). The van der Waals surface area contributed by atoms with Gasteiger partial charge in [0.15, 0.2) is 11.5 Å². The van der Waals surface area contributed by atoms with Crippen LogP contribution in [0.4, 0.5) is 5.69 Å². The van der Waals surface area contributed by atoms with Crippen molar-refractivity contribution in [3.63, 3.8) is 0 Å². The van der Waals surface area contributed by atoms with Crippen LogP contribution in [-0.4, -0.2) is 25.3 Å². The fourth-order valence-corrected chi connectivity index (χ4v) is 2.94. The molecule has 2 aromatic rings. The van der Waals surface area contributed by atoms with Gasteiger partial charge in [-0.1, -0.05) is 34.0 Å². The molecule has 0 aromatic heterocycles. The SMILES string of the molecule is C#CCOc1c(/C=C2\C(=O)N(c3ccc(Br)cc3)N=C2C)cccc1OC. The van der Waals surface area contributed by atoms with Crippen LogP contribution in [0, 0.1) is 12.3 Å². The van der Waals surface area contributed by atoms with E-state index < -0.39 is 0 Å². The average Bonchev–Trinajstić information content (AvgIpc) is 2.95. The van der Waals surface area contributed by atoms with E-state index in [0.717, 1.165) is 4.47 Å². The van der Waals surface area contributed by atoms with Crippen LogP contribution in [0.2, 0.25) is 0 Å². The summed E-state index contributed by atoms with van der Waals surface area (Å²) >= 11 is 3.39. The van der Waals surface area contributed by atoms with E-state index in [0.29, 0.717) is 34.0 Å². The maximum absolute atomic E-state index is 12.9. The Labute approximate surface area is 166 Å². The van der Waals surface area contributed by atoms with Crippen LogP contribution in [0.25, 0.3) is 6.08 Å². The number of para-hydroxylation sites is 1. The number of carbonyl (C=O) groups is 1. The van der Waals surface area contributed by atoms with Gasteiger partial charge in [0.05, 0.1) is 24.1 Å². The summed E-state index contributed by atoms with van der Waals surface area (Å²) in [5, 5.41) is 5.78. The van der Waals surface area contributed by atoms with Gasteiger partial charge in [0, 0.05) is 10.0 Å². The predicted octanol–water partition coefficient (Wildman–Crippen LogP) is 4.28. The van der Waals surface area contributed by atoms with Crippen LogP contribution in [-0.2, 0) is 4.79 Å². The molecule has 0 saturated heterocycles. The number of hydrogen-bond donors (Lipinski definition) is 0. The van der Waals surface area contributed by atoms with Crippen LogP contribution >= 0.6 is 15.9 Å². The van der Waals surface area contributed by atoms with Gasteiger partial charge in [0.2, 0.25) is 0 Å². The first-order chi connectivity index (χ1) is 13.0. The van der Waals surface area contributed by atoms with E-state index >= 15 is 0 Å². The monoisotopic (exact) mass is 424 g/mol. The third-order valence-corrected chi connectivity index (χ3v) is 4.49. The Balaban J connectivity index is 1.98. The summed E-state index contributed by atoms with van der Waals surface area (Å²) in [6.07, 6.45) is 7.05. The van der Waals surface area contributed by atoms with E-state index in [2.05, 4.69) is 27.0 Å². The van der Waals surface area contributed by atoms with E-state index in [-0.39, 0.29) is 12.5 Å². The summed E-state index contributed by atoms with van der Waals surface area (Å²) in [7, 11) is 1.55. The molecule has 0 N–H and O–H groups in total. The zero-order valence-electron chi connectivity index (χ0n) is 14.9. The lowest BCUT2D eigenvalue weighted by atomic mass is 10.1. The number of hydrazone groups is 1. The zero-order valence-corrected chi connectivity index (χ0v) is 16.5. The third kappa shape index (κ3) is 3.88. The van der Waals surface area contributed by atoms with E-state index in [1.54, 1.807) is 26.2 Å². The maximum atomic E-state index is 12.9. The van der Waals surface area contributed by atoms with Gasteiger partial charge < -0.3 is 9.47 Å². The number of methoxy groups -OCH3 is 1. The Bertz CT molecular complexity index is 972. The maximum Gasteiger partial charge on any atom is 0.280 e. The lowest BCUT2D eigenvalue weighted by Gasteiger charge is -2.13. The standard InChI is InChI=1S/C21H17BrN2O3/c1-4-12-27-20-15(6-5-7-19(20)26-3)13-18-14(2)23-24(21(18)25)17-10-8-16(22)9-11-17/h1,5-11,13H,12H2,2-3H3/b18-13-. The number of benzene rings is 2. The first-order valence-electron chi connectivity index (χ1n) is 8.15. The quantitative estimate of drug-likeness (QED) is 0.531.